The number of nitrogens with one attached hydrogen (secondary N) is 1. The molecule has 1 aromatic rings. The van der Waals surface area contributed by atoms with Crippen molar-refractivity contribution in [1.29, 1.82) is 0 Å². The van der Waals surface area contributed by atoms with E-state index in [0.717, 1.165) is 37.7 Å². The van der Waals surface area contributed by atoms with Crippen LogP contribution in [-0.2, 0) is 17.6 Å². The van der Waals surface area contributed by atoms with Gasteiger partial charge >= 0.3 is 0 Å². The molecule has 4 heteroatoms. The van der Waals surface area contributed by atoms with Crippen LogP contribution in [-0.4, -0.2) is 30.2 Å². The minimum Gasteiger partial charge on any atom is -0.381 e. The van der Waals surface area contributed by atoms with Gasteiger partial charge in [-0.05, 0) is 12.8 Å². The molecule has 0 unspecified atom stereocenters. The van der Waals surface area contributed by atoms with E-state index in [-0.39, 0.29) is 0 Å². The molecule has 1 aliphatic heterocycles. The SMILES string of the molecule is CNc1nc(C2CC2)nc2c1CCOCC2. The molecule has 1 aliphatic carbocycles. The molecule has 1 saturated carbocycles. The summed E-state index contributed by atoms with van der Waals surface area (Å²) in [5, 5.41) is 3.20. The molecule has 3 rings (SSSR count). The van der Waals surface area contributed by atoms with Gasteiger partial charge < -0.3 is 10.1 Å². The third kappa shape index (κ3) is 1.78. The molecule has 0 saturated heterocycles. The molecular weight excluding hydrogens is 202 g/mol. The smallest absolute Gasteiger partial charge is 0.134 e. The summed E-state index contributed by atoms with van der Waals surface area (Å²) in [6, 6.07) is 0. The Morgan fingerprint density at radius 1 is 1.19 bits per heavy atom. The highest BCUT2D eigenvalue weighted by atomic mass is 16.5. The largest absolute Gasteiger partial charge is 0.381 e. The van der Waals surface area contributed by atoms with E-state index in [2.05, 4.69) is 10.3 Å². The standard InChI is InChI=1S/C12H17N3O/c1-13-12-9-4-6-16-7-5-10(9)14-11(15-12)8-2-3-8/h8H,2-7H2,1H3,(H,13,14,15). The molecule has 1 fully saturated rings. The van der Waals surface area contributed by atoms with Gasteiger partial charge in [0.05, 0.1) is 18.9 Å². The summed E-state index contributed by atoms with van der Waals surface area (Å²) in [5.74, 6) is 2.66. The number of ether oxygens (including phenoxy) is 1. The zero-order chi connectivity index (χ0) is 11.0. The monoisotopic (exact) mass is 219 g/mol. The van der Waals surface area contributed by atoms with E-state index in [0.29, 0.717) is 5.92 Å². The van der Waals surface area contributed by atoms with Crippen molar-refractivity contribution in [3.8, 4) is 0 Å². The first-order valence-electron chi connectivity index (χ1n) is 6.03. The number of rotatable bonds is 2. The Hall–Kier alpha value is -1.16. The average molecular weight is 219 g/mol. The van der Waals surface area contributed by atoms with Gasteiger partial charge in [0.2, 0.25) is 0 Å². The van der Waals surface area contributed by atoms with Crippen LogP contribution in [0.3, 0.4) is 0 Å². The minimum absolute atomic E-state index is 0.613. The number of hydrogen-bond donors (Lipinski definition) is 1. The Balaban J connectivity index is 2.04. The first-order chi connectivity index (χ1) is 7.88. The Morgan fingerprint density at radius 2 is 2.00 bits per heavy atom. The van der Waals surface area contributed by atoms with Crippen molar-refractivity contribution >= 4 is 5.82 Å². The first kappa shape index (κ1) is 10.0. The van der Waals surface area contributed by atoms with Gasteiger partial charge in [-0.25, -0.2) is 9.97 Å². The number of aromatic nitrogens is 2. The molecule has 0 bridgehead atoms. The van der Waals surface area contributed by atoms with E-state index >= 15 is 0 Å². The van der Waals surface area contributed by atoms with Gasteiger partial charge in [-0.1, -0.05) is 0 Å². The second kappa shape index (κ2) is 4.01. The Morgan fingerprint density at radius 3 is 2.75 bits per heavy atom. The van der Waals surface area contributed by atoms with Gasteiger partial charge in [-0.2, -0.15) is 0 Å². The Labute approximate surface area is 95.4 Å². The molecule has 1 N–H and O–H groups in total. The Kier molecular flexibility index (Phi) is 2.52. The molecule has 0 atom stereocenters. The van der Waals surface area contributed by atoms with E-state index in [1.807, 2.05) is 7.05 Å². The molecule has 2 aliphatic rings. The second-order valence-electron chi connectivity index (χ2n) is 4.49. The summed E-state index contributed by atoms with van der Waals surface area (Å²) in [6.07, 6.45) is 4.35. The fourth-order valence-corrected chi connectivity index (χ4v) is 2.19. The van der Waals surface area contributed by atoms with Gasteiger partial charge in [0.1, 0.15) is 11.6 Å². The lowest BCUT2D eigenvalue weighted by molar-refractivity contribution is 0.146. The summed E-state index contributed by atoms with van der Waals surface area (Å²) in [7, 11) is 1.94. The number of anilines is 1. The quantitative estimate of drug-likeness (QED) is 0.819. The third-order valence-electron chi connectivity index (χ3n) is 3.27. The highest BCUT2D eigenvalue weighted by molar-refractivity contribution is 5.47. The van der Waals surface area contributed by atoms with Gasteiger partial charge in [0.15, 0.2) is 0 Å². The van der Waals surface area contributed by atoms with Crippen LogP contribution in [0.2, 0.25) is 0 Å². The number of hydrogen-bond acceptors (Lipinski definition) is 4. The predicted molar refractivity (Wildman–Crippen MR) is 61.8 cm³/mol. The van der Waals surface area contributed by atoms with Crippen LogP contribution in [0.5, 0.6) is 0 Å². The third-order valence-corrected chi connectivity index (χ3v) is 3.27. The summed E-state index contributed by atoms with van der Waals surface area (Å²) in [4.78, 5) is 9.34. The van der Waals surface area contributed by atoms with Crippen LogP contribution in [0, 0.1) is 0 Å². The van der Waals surface area contributed by atoms with E-state index in [9.17, 15) is 0 Å². The van der Waals surface area contributed by atoms with Crippen molar-refractivity contribution in [3.05, 3.63) is 17.1 Å². The molecule has 16 heavy (non-hydrogen) atoms. The molecule has 0 spiro atoms. The van der Waals surface area contributed by atoms with Crippen LogP contribution < -0.4 is 5.32 Å². The summed E-state index contributed by atoms with van der Waals surface area (Å²) >= 11 is 0. The molecule has 86 valence electrons. The summed E-state index contributed by atoms with van der Waals surface area (Å²) < 4.78 is 5.50. The van der Waals surface area contributed by atoms with Crippen molar-refractivity contribution in [2.75, 3.05) is 25.6 Å². The van der Waals surface area contributed by atoms with Gasteiger partial charge in [0.25, 0.3) is 0 Å². The zero-order valence-corrected chi connectivity index (χ0v) is 9.62. The lowest BCUT2D eigenvalue weighted by Gasteiger charge is -2.11. The maximum absolute atomic E-state index is 5.50. The van der Waals surface area contributed by atoms with E-state index in [1.165, 1.54) is 24.1 Å². The summed E-state index contributed by atoms with van der Waals surface area (Å²) in [6.45, 7) is 1.57. The van der Waals surface area contributed by atoms with Gasteiger partial charge in [0, 0.05) is 31.4 Å². The van der Waals surface area contributed by atoms with E-state index < -0.39 is 0 Å². The highest BCUT2D eigenvalue weighted by Crippen LogP contribution is 2.39. The zero-order valence-electron chi connectivity index (χ0n) is 9.62. The van der Waals surface area contributed by atoms with Crippen molar-refractivity contribution in [2.45, 2.75) is 31.6 Å². The molecule has 0 radical (unpaired) electrons. The number of nitrogens with zero attached hydrogens (tertiary/aromatic N) is 2. The minimum atomic E-state index is 0.613. The molecule has 0 aromatic carbocycles. The fraction of sp³-hybridized carbons (Fsp3) is 0.667. The van der Waals surface area contributed by atoms with Crippen LogP contribution in [0.25, 0.3) is 0 Å². The molecule has 4 nitrogen and oxygen atoms in total. The first-order valence-corrected chi connectivity index (χ1v) is 6.03. The highest BCUT2D eigenvalue weighted by Gasteiger charge is 2.28. The molecule has 0 amide bonds. The second-order valence-corrected chi connectivity index (χ2v) is 4.49. The average Bonchev–Trinajstić information content (AvgIpc) is 3.13. The van der Waals surface area contributed by atoms with E-state index in [4.69, 9.17) is 9.72 Å². The maximum Gasteiger partial charge on any atom is 0.134 e. The fourth-order valence-electron chi connectivity index (χ4n) is 2.19. The lowest BCUT2D eigenvalue weighted by atomic mass is 10.1. The van der Waals surface area contributed by atoms with Crippen LogP contribution in [0.15, 0.2) is 0 Å². The van der Waals surface area contributed by atoms with Crippen molar-refractivity contribution in [3.63, 3.8) is 0 Å². The van der Waals surface area contributed by atoms with Crippen molar-refractivity contribution in [2.24, 2.45) is 0 Å². The van der Waals surface area contributed by atoms with Crippen molar-refractivity contribution < 1.29 is 4.74 Å². The molecule has 2 heterocycles. The van der Waals surface area contributed by atoms with Gasteiger partial charge in [-0.15, -0.1) is 0 Å². The van der Waals surface area contributed by atoms with E-state index in [1.54, 1.807) is 0 Å². The molecular formula is C12H17N3O. The molecule has 1 aromatic heterocycles. The van der Waals surface area contributed by atoms with Crippen LogP contribution in [0.1, 0.15) is 35.8 Å². The maximum atomic E-state index is 5.50. The predicted octanol–water partition coefficient (Wildman–Crippen LogP) is 1.51. The number of fused-ring (bicyclic) bond motifs is 1. The Bertz CT molecular complexity index is 401. The topological polar surface area (TPSA) is 47.0 Å². The van der Waals surface area contributed by atoms with Crippen molar-refractivity contribution in [1.82, 2.24) is 9.97 Å². The summed E-state index contributed by atoms with van der Waals surface area (Å²) in [5.41, 5.74) is 2.45. The van der Waals surface area contributed by atoms with Gasteiger partial charge in [-0.3, -0.25) is 0 Å². The van der Waals surface area contributed by atoms with Crippen LogP contribution in [0.4, 0.5) is 5.82 Å². The lowest BCUT2D eigenvalue weighted by Crippen LogP contribution is -2.09. The van der Waals surface area contributed by atoms with Crippen LogP contribution >= 0.6 is 0 Å². The normalized spacial score (nSPS) is 20.1.